The van der Waals surface area contributed by atoms with Crippen LogP contribution in [0.2, 0.25) is 0 Å². The molecule has 0 heterocycles. The molecule has 3 heteroatoms. The summed E-state index contributed by atoms with van der Waals surface area (Å²) < 4.78 is 1.02. The van der Waals surface area contributed by atoms with E-state index in [1.165, 1.54) is 32.1 Å². The molecule has 0 saturated heterocycles. The summed E-state index contributed by atoms with van der Waals surface area (Å²) in [7, 11) is 0. The van der Waals surface area contributed by atoms with Gasteiger partial charge in [-0.25, -0.2) is 0 Å². The molecule has 1 aromatic rings. The zero-order valence-corrected chi connectivity index (χ0v) is 13.7. The third-order valence-electron chi connectivity index (χ3n) is 4.09. The van der Waals surface area contributed by atoms with Crippen molar-refractivity contribution in [3.8, 4) is 0 Å². The molecule has 19 heavy (non-hydrogen) atoms. The van der Waals surface area contributed by atoms with Gasteiger partial charge in [0.25, 0.3) is 5.91 Å². The van der Waals surface area contributed by atoms with E-state index >= 15 is 0 Å². The summed E-state index contributed by atoms with van der Waals surface area (Å²) in [4.78, 5) is 12.4. The van der Waals surface area contributed by atoms with Crippen LogP contribution in [0.15, 0.2) is 24.3 Å². The highest BCUT2D eigenvalue weighted by molar-refractivity contribution is 14.1. The summed E-state index contributed by atoms with van der Waals surface area (Å²) in [5.74, 6) is 0.756. The third kappa shape index (κ3) is 3.94. The molecule has 1 N–H and O–H groups in total. The van der Waals surface area contributed by atoms with Crippen molar-refractivity contribution in [2.75, 3.05) is 0 Å². The second-order valence-corrected chi connectivity index (χ2v) is 6.53. The Labute approximate surface area is 129 Å². The van der Waals surface area contributed by atoms with Crippen LogP contribution in [0.3, 0.4) is 0 Å². The molecule has 104 valence electrons. The lowest BCUT2D eigenvalue weighted by atomic mass is 9.83. The molecule has 1 aliphatic carbocycles. The van der Waals surface area contributed by atoms with Crippen molar-refractivity contribution in [2.24, 2.45) is 5.92 Å². The van der Waals surface area contributed by atoms with Gasteiger partial charge in [0.05, 0.1) is 5.56 Å². The summed E-state index contributed by atoms with van der Waals surface area (Å²) in [6.07, 6.45) is 7.56. The Bertz CT molecular complexity index is 427. The van der Waals surface area contributed by atoms with Crippen molar-refractivity contribution < 1.29 is 4.79 Å². The molecule has 0 spiro atoms. The van der Waals surface area contributed by atoms with E-state index in [9.17, 15) is 4.79 Å². The molecule has 0 aromatic heterocycles. The lowest BCUT2D eigenvalue weighted by Gasteiger charge is -2.30. The van der Waals surface area contributed by atoms with E-state index < -0.39 is 0 Å². The van der Waals surface area contributed by atoms with Gasteiger partial charge in [-0.3, -0.25) is 4.79 Å². The smallest absolute Gasteiger partial charge is 0.252 e. The molecule has 1 saturated carbocycles. The predicted molar refractivity (Wildman–Crippen MR) is 87.3 cm³/mol. The predicted octanol–water partition coefficient (Wildman–Crippen LogP) is 4.38. The van der Waals surface area contributed by atoms with Gasteiger partial charge in [0.1, 0.15) is 0 Å². The second kappa shape index (κ2) is 7.27. The van der Waals surface area contributed by atoms with E-state index in [0.29, 0.717) is 12.0 Å². The average Bonchev–Trinajstić information content (AvgIpc) is 2.46. The van der Waals surface area contributed by atoms with Gasteiger partial charge in [-0.05, 0) is 59.9 Å². The Morgan fingerprint density at radius 1 is 1.32 bits per heavy atom. The monoisotopic (exact) mass is 371 g/mol. The number of nitrogens with one attached hydrogen (secondary N) is 1. The molecular formula is C16H22INO. The van der Waals surface area contributed by atoms with Gasteiger partial charge >= 0.3 is 0 Å². The summed E-state index contributed by atoms with van der Waals surface area (Å²) in [6, 6.07) is 8.13. The fraction of sp³-hybridized carbons (Fsp3) is 0.562. The molecule has 2 nitrogen and oxygen atoms in total. The summed E-state index contributed by atoms with van der Waals surface area (Å²) in [5, 5.41) is 3.25. The molecule has 1 atom stereocenters. The Balaban J connectivity index is 2.01. The maximum Gasteiger partial charge on any atom is 0.252 e. The van der Waals surface area contributed by atoms with Gasteiger partial charge in [-0.15, -0.1) is 0 Å². The first-order chi connectivity index (χ1) is 9.22. The van der Waals surface area contributed by atoms with Gasteiger partial charge in [-0.2, -0.15) is 0 Å². The number of halogens is 1. The molecule has 1 aromatic carbocycles. The second-order valence-electron chi connectivity index (χ2n) is 5.37. The number of hydrogen-bond acceptors (Lipinski definition) is 1. The van der Waals surface area contributed by atoms with Gasteiger partial charge in [-0.1, -0.05) is 38.3 Å². The molecule has 0 bridgehead atoms. The number of hydrogen-bond donors (Lipinski definition) is 1. The minimum atomic E-state index is 0.0856. The number of amides is 1. The van der Waals surface area contributed by atoms with Crippen LogP contribution in [-0.2, 0) is 0 Å². The van der Waals surface area contributed by atoms with E-state index in [2.05, 4.69) is 34.8 Å². The van der Waals surface area contributed by atoms with Gasteiger partial charge in [0.15, 0.2) is 0 Å². The van der Waals surface area contributed by atoms with Crippen LogP contribution in [-0.4, -0.2) is 11.9 Å². The Hall–Kier alpha value is -0.580. The maximum absolute atomic E-state index is 12.4. The zero-order valence-electron chi connectivity index (χ0n) is 11.5. The molecule has 2 rings (SSSR count). The Kier molecular flexibility index (Phi) is 5.67. The molecular weight excluding hydrogens is 349 g/mol. The van der Waals surface area contributed by atoms with Crippen molar-refractivity contribution in [3.05, 3.63) is 33.4 Å². The van der Waals surface area contributed by atoms with E-state index in [1.807, 2.05) is 24.3 Å². The van der Waals surface area contributed by atoms with Crippen molar-refractivity contribution in [2.45, 2.75) is 51.5 Å². The summed E-state index contributed by atoms with van der Waals surface area (Å²) in [6.45, 7) is 2.18. The highest BCUT2D eigenvalue weighted by Crippen LogP contribution is 2.28. The first kappa shape index (κ1) is 14.8. The first-order valence-electron chi connectivity index (χ1n) is 7.27. The Morgan fingerprint density at radius 3 is 2.63 bits per heavy atom. The highest BCUT2D eigenvalue weighted by Gasteiger charge is 2.24. The largest absolute Gasteiger partial charge is 0.349 e. The van der Waals surface area contributed by atoms with Crippen LogP contribution >= 0.6 is 22.6 Å². The van der Waals surface area contributed by atoms with Crippen molar-refractivity contribution in [1.82, 2.24) is 5.32 Å². The van der Waals surface area contributed by atoms with E-state index in [0.717, 1.165) is 15.6 Å². The van der Waals surface area contributed by atoms with Crippen LogP contribution in [0, 0.1) is 9.49 Å². The number of carbonyl (C=O) groups is 1. The fourth-order valence-electron chi connectivity index (χ4n) is 2.98. The van der Waals surface area contributed by atoms with Crippen molar-refractivity contribution in [3.63, 3.8) is 0 Å². The summed E-state index contributed by atoms with van der Waals surface area (Å²) >= 11 is 2.23. The average molecular weight is 371 g/mol. The number of rotatable bonds is 4. The molecule has 0 radical (unpaired) electrons. The van der Waals surface area contributed by atoms with E-state index in [1.54, 1.807) is 0 Å². The van der Waals surface area contributed by atoms with Crippen molar-refractivity contribution in [1.29, 1.82) is 0 Å². The zero-order chi connectivity index (χ0) is 13.7. The lowest BCUT2D eigenvalue weighted by molar-refractivity contribution is 0.0910. The van der Waals surface area contributed by atoms with E-state index in [4.69, 9.17) is 0 Å². The quantitative estimate of drug-likeness (QED) is 0.782. The van der Waals surface area contributed by atoms with Crippen LogP contribution in [0.4, 0.5) is 0 Å². The fourth-order valence-corrected chi connectivity index (χ4v) is 3.61. The molecule has 0 aliphatic heterocycles. The minimum Gasteiger partial charge on any atom is -0.349 e. The first-order valence-corrected chi connectivity index (χ1v) is 8.35. The molecule has 1 fully saturated rings. The van der Waals surface area contributed by atoms with E-state index in [-0.39, 0.29) is 5.91 Å². The number of carbonyl (C=O) groups excluding carboxylic acids is 1. The molecule has 1 aliphatic rings. The maximum atomic E-state index is 12.4. The topological polar surface area (TPSA) is 29.1 Å². The van der Waals surface area contributed by atoms with Gasteiger partial charge < -0.3 is 5.32 Å². The molecule has 1 unspecified atom stereocenters. The molecule has 1 amide bonds. The normalized spacial score (nSPS) is 18.0. The third-order valence-corrected chi connectivity index (χ3v) is 5.03. The highest BCUT2D eigenvalue weighted by atomic mass is 127. The lowest BCUT2D eigenvalue weighted by Crippen LogP contribution is -2.40. The Morgan fingerprint density at radius 2 is 2.00 bits per heavy atom. The summed E-state index contributed by atoms with van der Waals surface area (Å²) in [5.41, 5.74) is 0.803. The minimum absolute atomic E-state index is 0.0856. The SMILES string of the molecule is CCC(NC(=O)c1ccccc1I)C1CCCCC1. The standard InChI is InChI=1S/C16H22INO/c1-2-15(12-8-4-3-5-9-12)18-16(19)13-10-6-7-11-14(13)17/h6-7,10-12,15H,2-5,8-9H2,1H3,(H,18,19). The van der Waals surface area contributed by atoms with Crippen LogP contribution in [0.25, 0.3) is 0 Å². The van der Waals surface area contributed by atoms with Gasteiger partial charge in [0, 0.05) is 9.61 Å². The van der Waals surface area contributed by atoms with Gasteiger partial charge in [0.2, 0.25) is 0 Å². The van der Waals surface area contributed by atoms with Crippen LogP contribution in [0.1, 0.15) is 55.8 Å². The van der Waals surface area contributed by atoms with Crippen LogP contribution < -0.4 is 5.32 Å². The number of benzene rings is 1. The van der Waals surface area contributed by atoms with Crippen LogP contribution in [0.5, 0.6) is 0 Å². The van der Waals surface area contributed by atoms with Crippen molar-refractivity contribution >= 4 is 28.5 Å².